The van der Waals surface area contributed by atoms with E-state index in [1.54, 1.807) is 37.4 Å². The van der Waals surface area contributed by atoms with Gasteiger partial charge in [-0.15, -0.1) is 0 Å². The number of methoxy groups -OCH3 is 1. The number of benzene rings is 2. The maximum absolute atomic E-state index is 12.0. The summed E-state index contributed by atoms with van der Waals surface area (Å²) in [6, 6.07) is 10.3. The van der Waals surface area contributed by atoms with Gasteiger partial charge in [0.25, 0.3) is 0 Å². The van der Waals surface area contributed by atoms with Crippen LogP contribution in [0.15, 0.2) is 48.8 Å². The Bertz CT molecular complexity index is 1600. The number of hydrogen-bond acceptors (Lipinski definition) is 8. The van der Waals surface area contributed by atoms with E-state index >= 15 is 0 Å². The fraction of sp³-hybridized carbons (Fsp3) is 0.333. The van der Waals surface area contributed by atoms with Gasteiger partial charge in [-0.3, -0.25) is 4.55 Å². The molecule has 5 rings (SSSR count). The van der Waals surface area contributed by atoms with Gasteiger partial charge in [0.05, 0.1) is 45.9 Å². The molecule has 1 saturated heterocycles. The Kier molecular flexibility index (Phi) is 9.42. The third kappa shape index (κ3) is 6.13. The number of aromatic nitrogens is 3. The van der Waals surface area contributed by atoms with Crippen LogP contribution in [0.4, 0.5) is 17.3 Å². The minimum Gasteiger partial charge on any atom is -0.494 e. The molecule has 3 heterocycles. The Hall–Kier alpha value is -3.09. The predicted molar refractivity (Wildman–Crippen MR) is 160 cm³/mol. The second-order valence-corrected chi connectivity index (χ2v) is 11.1. The number of aliphatic hydroxyl groups excluding tert-OH is 1. The lowest BCUT2D eigenvalue weighted by molar-refractivity contribution is 0.203. The average Bonchev–Trinajstić information content (AvgIpc) is 3.36. The van der Waals surface area contributed by atoms with E-state index in [1.165, 1.54) is 12.4 Å². The molecule has 214 valence electrons. The molecule has 0 radical (unpaired) electrons. The Morgan fingerprint density at radius 3 is 2.48 bits per heavy atom. The number of halogens is 2. The summed E-state index contributed by atoms with van der Waals surface area (Å²) >= 11 is 13.1. The molecule has 13 heteroatoms. The molecule has 0 amide bonds. The molecule has 0 aliphatic carbocycles. The Labute approximate surface area is 243 Å². The predicted octanol–water partition coefficient (Wildman–Crippen LogP) is 6.04. The van der Waals surface area contributed by atoms with Crippen molar-refractivity contribution < 1.29 is 22.8 Å². The molecular weight excluding hydrogens is 577 g/mol. The van der Waals surface area contributed by atoms with Crippen molar-refractivity contribution in [2.45, 2.75) is 26.7 Å². The SMILES string of the molecule is CC.COc1cc(N2CCC(CO)CC2)c(Cl)cc1Nc1ncc(Cl)c(-c2cn(S(=O)(=O)O)c3ccccc23)n1. The highest BCUT2D eigenvalue weighted by Gasteiger charge is 2.23. The van der Waals surface area contributed by atoms with Crippen LogP contribution in [0.3, 0.4) is 0 Å². The van der Waals surface area contributed by atoms with Crippen LogP contribution in [0.25, 0.3) is 22.2 Å². The molecule has 0 spiro atoms. The highest BCUT2D eigenvalue weighted by molar-refractivity contribution is 7.84. The second-order valence-electron chi connectivity index (χ2n) is 8.97. The molecule has 2 aromatic heterocycles. The van der Waals surface area contributed by atoms with E-state index in [1.807, 2.05) is 19.9 Å². The largest absolute Gasteiger partial charge is 0.494 e. The number of nitrogens with one attached hydrogen (secondary N) is 1. The number of nitrogens with zero attached hydrogens (tertiary/aromatic N) is 4. The Balaban J connectivity index is 0.00000181. The summed E-state index contributed by atoms with van der Waals surface area (Å²) in [6.45, 7) is 5.75. The summed E-state index contributed by atoms with van der Waals surface area (Å²) in [5, 5.41) is 13.8. The first kappa shape index (κ1) is 29.9. The first-order valence-corrected chi connectivity index (χ1v) is 15.0. The van der Waals surface area contributed by atoms with E-state index in [-0.39, 0.29) is 28.8 Å². The van der Waals surface area contributed by atoms with Crippen molar-refractivity contribution in [3.63, 3.8) is 0 Å². The minimum atomic E-state index is -4.55. The van der Waals surface area contributed by atoms with E-state index < -0.39 is 10.3 Å². The summed E-state index contributed by atoms with van der Waals surface area (Å²) in [7, 11) is -3.00. The molecule has 0 atom stereocenters. The van der Waals surface area contributed by atoms with Crippen molar-refractivity contribution in [1.29, 1.82) is 0 Å². The van der Waals surface area contributed by atoms with Crippen molar-refractivity contribution in [2.75, 3.05) is 37.0 Å². The standard InChI is InChI=1S/C25H25Cl2N5O5S.C2H6/c1-37-23-11-22(31-8-6-15(14-33)7-9-31)18(26)10-20(23)29-25-28-12-19(27)24(30-25)17-13-32(38(34,35)36)21-5-3-2-4-16(17)21;1-2/h2-5,10-13,15,33H,6-9,14H2,1H3,(H,28,29,30)(H,34,35,36);1-2H3. The third-order valence-corrected chi connectivity index (χ3v) is 8.03. The van der Waals surface area contributed by atoms with Crippen LogP contribution in [0.2, 0.25) is 10.0 Å². The van der Waals surface area contributed by atoms with Crippen molar-refractivity contribution in [3.05, 3.63) is 58.8 Å². The summed E-state index contributed by atoms with van der Waals surface area (Å²) in [5.74, 6) is 1.01. The summed E-state index contributed by atoms with van der Waals surface area (Å²) in [6.07, 6.45) is 4.43. The number of fused-ring (bicyclic) bond motifs is 1. The maximum Gasteiger partial charge on any atom is 0.363 e. The van der Waals surface area contributed by atoms with Crippen LogP contribution in [0.5, 0.6) is 5.75 Å². The first-order chi connectivity index (χ1) is 19.2. The van der Waals surface area contributed by atoms with Gasteiger partial charge in [-0.2, -0.15) is 8.42 Å². The summed E-state index contributed by atoms with van der Waals surface area (Å²) in [5.41, 5.74) is 2.32. The monoisotopic (exact) mass is 607 g/mol. The normalized spacial score (nSPS) is 14.1. The maximum atomic E-state index is 12.0. The van der Waals surface area contributed by atoms with Gasteiger partial charge in [-0.25, -0.2) is 13.9 Å². The molecule has 10 nitrogen and oxygen atoms in total. The van der Waals surface area contributed by atoms with Crippen molar-refractivity contribution in [1.82, 2.24) is 13.9 Å². The van der Waals surface area contributed by atoms with Gasteiger partial charge in [-0.1, -0.05) is 55.2 Å². The zero-order chi connectivity index (χ0) is 29.0. The van der Waals surface area contributed by atoms with Gasteiger partial charge >= 0.3 is 10.3 Å². The van der Waals surface area contributed by atoms with Gasteiger partial charge in [-0.05, 0) is 30.9 Å². The lowest BCUT2D eigenvalue weighted by Gasteiger charge is -2.33. The highest BCUT2D eigenvalue weighted by Crippen LogP contribution is 2.40. The lowest BCUT2D eigenvalue weighted by Crippen LogP contribution is -2.34. The van der Waals surface area contributed by atoms with Gasteiger partial charge in [0.1, 0.15) is 5.75 Å². The number of ether oxygens (including phenoxy) is 1. The Morgan fingerprint density at radius 2 is 1.82 bits per heavy atom. The lowest BCUT2D eigenvalue weighted by atomic mass is 9.97. The molecular formula is C27H31Cl2N5O5S. The number of anilines is 3. The van der Waals surface area contributed by atoms with E-state index in [4.69, 9.17) is 27.9 Å². The number of rotatable bonds is 7. The van der Waals surface area contributed by atoms with E-state index in [0.717, 1.165) is 35.6 Å². The van der Waals surface area contributed by atoms with Crippen LogP contribution in [-0.4, -0.2) is 58.8 Å². The molecule has 3 N–H and O–H groups in total. The highest BCUT2D eigenvalue weighted by atomic mass is 35.5. The van der Waals surface area contributed by atoms with Crippen LogP contribution < -0.4 is 15.0 Å². The van der Waals surface area contributed by atoms with Gasteiger partial charge in [0, 0.05) is 42.9 Å². The fourth-order valence-electron chi connectivity index (χ4n) is 4.67. The molecule has 1 aliphatic heterocycles. The molecule has 40 heavy (non-hydrogen) atoms. The average molecular weight is 609 g/mol. The van der Waals surface area contributed by atoms with Crippen LogP contribution in [-0.2, 0) is 10.3 Å². The molecule has 0 unspecified atom stereocenters. The first-order valence-electron chi connectivity index (χ1n) is 12.8. The van der Waals surface area contributed by atoms with Gasteiger partial charge < -0.3 is 20.1 Å². The van der Waals surface area contributed by atoms with Crippen LogP contribution in [0, 0.1) is 5.92 Å². The number of hydrogen-bond donors (Lipinski definition) is 3. The Morgan fingerprint density at radius 1 is 1.12 bits per heavy atom. The third-order valence-electron chi connectivity index (χ3n) is 6.65. The number of piperidine rings is 1. The number of para-hydroxylation sites is 1. The second kappa shape index (κ2) is 12.6. The fourth-order valence-corrected chi connectivity index (χ4v) is 5.80. The van der Waals surface area contributed by atoms with Crippen LogP contribution >= 0.6 is 23.2 Å². The minimum absolute atomic E-state index is 0.180. The van der Waals surface area contributed by atoms with E-state index in [0.29, 0.717) is 33.3 Å². The zero-order valence-corrected chi connectivity index (χ0v) is 24.6. The molecule has 1 aliphatic rings. The number of aliphatic hydroxyl groups is 1. The quantitative estimate of drug-likeness (QED) is 0.215. The van der Waals surface area contributed by atoms with Gasteiger partial charge in [0.2, 0.25) is 5.95 Å². The smallest absolute Gasteiger partial charge is 0.363 e. The van der Waals surface area contributed by atoms with E-state index in [9.17, 15) is 18.1 Å². The zero-order valence-electron chi connectivity index (χ0n) is 22.3. The molecule has 0 saturated carbocycles. The molecule has 1 fully saturated rings. The van der Waals surface area contributed by atoms with Crippen LogP contribution in [0.1, 0.15) is 26.7 Å². The van der Waals surface area contributed by atoms with Crippen molar-refractivity contribution in [2.24, 2.45) is 5.92 Å². The summed E-state index contributed by atoms with van der Waals surface area (Å²) in [4.78, 5) is 11.0. The molecule has 4 aromatic rings. The molecule has 0 bridgehead atoms. The van der Waals surface area contributed by atoms with Crippen molar-refractivity contribution >= 4 is 61.7 Å². The summed E-state index contributed by atoms with van der Waals surface area (Å²) < 4.78 is 40.0. The topological polar surface area (TPSA) is 130 Å². The molecule has 2 aromatic carbocycles. The van der Waals surface area contributed by atoms with Gasteiger partial charge in [0.15, 0.2) is 0 Å². The van der Waals surface area contributed by atoms with Crippen molar-refractivity contribution in [3.8, 4) is 17.0 Å². The van der Waals surface area contributed by atoms with E-state index in [2.05, 4.69) is 20.2 Å².